The Morgan fingerprint density at radius 1 is 1.35 bits per heavy atom. The molecule has 5 nitrogen and oxygen atoms in total. The number of aromatic nitrogens is 1. The molecular weight excluding hydrogens is 256 g/mol. The zero-order valence-electron chi connectivity index (χ0n) is 12.2. The lowest BCUT2D eigenvalue weighted by Gasteiger charge is -2.11. The van der Waals surface area contributed by atoms with E-state index in [1.165, 1.54) is 12.0 Å². The highest BCUT2D eigenvalue weighted by molar-refractivity contribution is 5.94. The van der Waals surface area contributed by atoms with E-state index in [1.54, 1.807) is 18.2 Å². The molecule has 1 heterocycles. The van der Waals surface area contributed by atoms with Gasteiger partial charge in [0.05, 0.1) is 32.3 Å². The van der Waals surface area contributed by atoms with E-state index in [0.717, 1.165) is 16.8 Å². The van der Waals surface area contributed by atoms with Crippen LogP contribution < -0.4 is 10.3 Å². The number of nitrogens with one attached hydrogen (secondary N) is 2. The summed E-state index contributed by atoms with van der Waals surface area (Å²) in [6.45, 7) is 2.53. The molecule has 0 bridgehead atoms. The van der Waals surface area contributed by atoms with Crippen LogP contribution in [0.2, 0.25) is 0 Å². The van der Waals surface area contributed by atoms with Gasteiger partial charge >= 0.3 is 5.97 Å². The molecule has 0 saturated carbocycles. The summed E-state index contributed by atoms with van der Waals surface area (Å²) in [4.78, 5) is 28.5. The number of fused-ring (bicyclic) bond motifs is 1. The van der Waals surface area contributed by atoms with Gasteiger partial charge in [-0.25, -0.2) is 4.79 Å². The van der Waals surface area contributed by atoms with Crippen molar-refractivity contribution < 1.29 is 14.4 Å². The third kappa shape index (κ3) is 2.58. The zero-order chi connectivity index (χ0) is 14.9. The highest BCUT2D eigenvalue weighted by Crippen LogP contribution is 2.14. The van der Waals surface area contributed by atoms with Crippen molar-refractivity contribution in [3.63, 3.8) is 0 Å². The molecule has 0 aliphatic carbocycles. The molecule has 2 aromatic rings. The Bertz CT molecular complexity index is 717. The van der Waals surface area contributed by atoms with E-state index in [2.05, 4.69) is 9.72 Å². The van der Waals surface area contributed by atoms with Crippen molar-refractivity contribution in [3.05, 3.63) is 45.2 Å². The van der Waals surface area contributed by atoms with Crippen LogP contribution in [0, 0.1) is 6.92 Å². The fourth-order valence-corrected chi connectivity index (χ4v) is 2.26. The molecule has 0 radical (unpaired) electrons. The van der Waals surface area contributed by atoms with Crippen LogP contribution in [0.5, 0.6) is 0 Å². The number of hydrogen-bond acceptors (Lipinski definition) is 3. The van der Waals surface area contributed by atoms with Crippen molar-refractivity contribution in [2.75, 3.05) is 21.2 Å². The topological polar surface area (TPSA) is 63.6 Å². The summed E-state index contributed by atoms with van der Waals surface area (Å²) in [6, 6.07) is 4.98. The monoisotopic (exact) mass is 275 g/mol. The molecule has 5 heteroatoms. The number of esters is 1. The number of rotatable bonds is 3. The Morgan fingerprint density at radius 2 is 2.05 bits per heavy atom. The minimum absolute atomic E-state index is 0.0248. The molecule has 0 spiro atoms. The third-order valence-electron chi connectivity index (χ3n) is 3.26. The van der Waals surface area contributed by atoms with Crippen LogP contribution in [0.3, 0.4) is 0 Å². The molecule has 2 rings (SSSR count). The van der Waals surface area contributed by atoms with Gasteiger partial charge in [-0.1, -0.05) is 0 Å². The molecule has 0 amide bonds. The number of pyridine rings is 1. The summed E-state index contributed by atoms with van der Waals surface area (Å²) in [6.07, 6.45) is 0. The zero-order valence-corrected chi connectivity index (χ0v) is 12.2. The van der Waals surface area contributed by atoms with Crippen LogP contribution in [0.1, 0.15) is 21.6 Å². The fourth-order valence-electron chi connectivity index (χ4n) is 2.26. The van der Waals surface area contributed by atoms with Gasteiger partial charge in [0, 0.05) is 16.6 Å². The second-order valence-corrected chi connectivity index (χ2v) is 5.19. The van der Waals surface area contributed by atoms with Crippen molar-refractivity contribution in [1.82, 2.24) is 4.98 Å². The minimum atomic E-state index is -0.438. The molecular formula is C15H19N2O3+. The quantitative estimate of drug-likeness (QED) is 0.790. The van der Waals surface area contributed by atoms with Crippen LogP contribution >= 0.6 is 0 Å². The molecule has 0 aliphatic rings. The average Bonchev–Trinajstić information content (AvgIpc) is 2.42. The lowest BCUT2D eigenvalue weighted by molar-refractivity contribution is -0.872. The number of ether oxygens (including phenoxy) is 1. The number of aryl methyl sites for hydroxylation is 1. The Balaban J connectivity index is 2.68. The maximum atomic E-state index is 12.6. The molecule has 106 valence electrons. The fraction of sp³-hybridized carbons (Fsp3) is 0.333. The summed E-state index contributed by atoms with van der Waals surface area (Å²) in [5.74, 6) is -0.438. The van der Waals surface area contributed by atoms with Gasteiger partial charge in [0.1, 0.15) is 6.54 Å². The number of benzene rings is 1. The summed E-state index contributed by atoms with van der Waals surface area (Å²) in [5, 5.41) is 0.523. The second kappa shape index (κ2) is 5.46. The second-order valence-electron chi connectivity index (χ2n) is 5.19. The molecule has 0 unspecified atom stereocenters. The van der Waals surface area contributed by atoms with Crippen molar-refractivity contribution in [1.29, 1.82) is 0 Å². The highest BCUT2D eigenvalue weighted by Gasteiger charge is 2.14. The number of carbonyl (C=O) groups excluding carboxylic acids is 1. The summed E-state index contributed by atoms with van der Waals surface area (Å²) in [7, 11) is 5.31. The first kappa shape index (κ1) is 14.3. The van der Waals surface area contributed by atoms with Crippen LogP contribution in [0.4, 0.5) is 0 Å². The number of quaternary nitrogens is 1. The molecule has 2 N–H and O–H groups in total. The molecule has 0 aliphatic heterocycles. The Hall–Kier alpha value is -2.14. The van der Waals surface area contributed by atoms with Crippen LogP contribution in [0.25, 0.3) is 10.9 Å². The van der Waals surface area contributed by atoms with Crippen molar-refractivity contribution in [3.8, 4) is 0 Å². The maximum absolute atomic E-state index is 12.6. The lowest BCUT2D eigenvalue weighted by atomic mass is 10.1. The predicted molar refractivity (Wildman–Crippen MR) is 77.2 cm³/mol. The van der Waals surface area contributed by atoms with Gasteiger partial charge in [0.2, 0.25) is 0 Å². The van der Waals surface area contributed by atoms with E-state index < -0.39 is 5.97 Å². The van der Waals surface area contributed by atoms with E-state index in [1.807, 2.05) is 21.0 Å². The number of carbonyl (C=O) groups is 1. The summed E-state index contributed by atoms with van der Waals surface area (Å²) < 4.78 is 4.69. The van der Waals surface area contributed by atoms with Crippen molar-refractivity contribution >= 4 is 16.9 Å². The van der Waals surface area contributed by atoms with Crippen molar-refractivity contribution in [2.24, 2.45) is 0 Å². The highest BCUT2D eigenvalue weighted by atomic mass is 16.5. The number of methoxy groups -OCH3 is 1. The summed E-state index contributed by atoms with van der Waals surface area (Å²) in [5.41, 5.74) is 2.72. The molecule has 20 heavy (non-hydrogen) atoms. The van der Waals surface area contributed by atoms with E-state index in [4.69, 9.17) is 0 Å². The minimum Gasteiger partial charge on any atom is -0.465 e. The van der Waals surface area contributed by atoms with E-state index in [-0.39, 0.29) is 5.43 Å². The SMILES string of the molecule is COC(=O)c1ccc2[nH]c(C)c(C[NH+](C)C)c(=O)c2c1. The Labute approximate surface area is 117 Å². The first-order valence-corrected chi connectivity index (χ1v) is 6.47. The Kier molecular flexibility index (Phi) is 3.90. The third-order valence-corrected chi connectivity index (χ3v) is 3.26. The van der Waals surface area contributed by atoms with Gasteiger partial charge in [-0.05, 0) is 25.1 Å². The molecule has 0 atom stereocenters. The first-order valence-electron chi connectivity index (χ1n) is 6.47. The maximum Gasteiger partial charge on any atom is 0.337 e. The largest absolute Gasteiger partial charge is 0.465 e. The first-order chi connectivity index (χ1) is 9.43. The van der Waals surface area contributed by atoms with Crippen LogP contribution in [-0.4, -0.2) is 32.2 Å². The number of aromatic amines is 1. The van der Waals surface area contributed by atoms with Crippen molar-refractivity contribution in [2.45, 2.75) is 13.5 Å². The standard InChI is InChI=1S/C15H18N2O3/c1-9-12(8-17(2)3)14(18)11-7-10(15(19)20-4)5-6-13(11)16-9/h5-7H,8H2,1-4H3,(H,16,18)/p+1. The number of H-pyrrole nitrogens is 1. The van der Waals surface area contributed by atoms with Gasteiger partial charge in [-0.2, -0.15) is 0 Å². The number of hydrogen-bond donors (Lipinski definition) is 2. The van der Waals surface area contributed by atoms with E-state index in [9.17, 15) is 9.59 Å². The summed E-state index contributed by atoms with van der Waals surface area (Å²) >= 11 is 0. The van der Waals surface area contributed by atoms with Gasteiger partial charge in [-0.15, -0.1) is 0 Å². The molecule has 1 aromatic heterocycles. The van der Waals surface area contributed by atoms with Gasteiger partial charge in [0.25, 0.3) is 0 Å². The van der Waals surface area contributed by atoms with E-state index >= 15 is 0 Å². The van der Waals surface area contributed by atoms with Gasteiger partial charge in [-0.3, -0.25) is 4.79 Å². The smallest absolute Gasteiger partial charge is 0.337 e. The predicted octanol–water partition coefficient (Wildman–Crippen LogP) is 0.268. The Morgan fingerprint density at radius 3 is 2.65 bits per heavy atom. The molecule has 0 fully saturated rings. The molecule has 0 saturated heterocycles. The normalized spacial score (nSPS) is 11.1. The molecule has 1 aromatic carbocycles. The van der Waals surface area contributed by atoms with Gasteiger partial charge < -0.3 is 14.6 Å². The van der Waals surface area contributed by atoms with Crippen LogP contribution in [0.15, 0.2) is 23.0 Å². The average molecular weight is 275 g/mol. The van der Waals surface area contributed by atoms with E-state index in [0.29, 0.717) is 17.5 Å². The van der Waals surface area contributed by atoms with Crippen LogP contribution in [-0.2, 0) is 11.3 Å². The van der Waals surface area contributed by atoms with Gasteiger partial charge in [0.15, 0.2) is 5.43 Å². The lowest BCUT2D eigenvalue weighted by Crippen LogP contribution is -3.04.